The molecular formula is C21H20N2O7. The molecule has 0 aromatic heterocycles. The van der Waals surface area contributed by atoms with Crippen molar-refractivity contribution < 1.29 is 34.8 Å². The molecule has 156 valence electrons. The van der Waals surface area contributed by atoms with Crippen LogP contribution in [0.3, 0.4) is 0 Å². The van der Waals surface area contributed by atoms with Crippen molar-refractivity contribution in [3.8, 4) is 17.2 Å². The molecular weight excluding hydrogens is 392 g/mol. The molecule has 1 aliphatic heterocycles. The van der Waals surface area contributed by atoms with Gasteiger partial charge in [-0.05, 0) is 25.2 Å². The van der Waals surface area contributed by atoms with Crippen molar-refractivity contribution in [2.24, 2.45) is 0 Å². The van der Waals surface area contributed by atoms with E-state index < -0.39 is 41.0 Å². The number of aliphatic hydroxyl groups excluding tert-OH is 1. The number of carbonyl (C=O) groups is 3. The molecule has 0 saturated carbocycles. The maximum Gasteiger partial charge on any atom is 0.254 e. The molecule has 2 aromatic rings. The van der Waals surface area contributed by atoms with Gasteiger partial charge in [-0.25, -0.2) is 0 Å². The molecule has 1 amide bonds. The SMILES string of the molecule is CN1CCN(C(=O)c2cc(O)c3c(c2)C(=O)c2cc(O)c(CO)c(O)c2C3=O)CC1. The van der Waals surface area contributed by atoms with Gasteiger partial charge in [-0.3, -0.25) is 14.4 Å². The standard InChI is InChI=1S/C21H20N2O7/c1-22-2-4-23(5-3-22)21(30)10-6-11-16(15(26)7-10)20(29)17-12(18(11)27)8-14(25)13(9-24)19(17)28/h6-8,24-26,28H,2-5,9H2,1H3. The fourth-order valence-electron chi connectivity index (χ4n) is 3.89. The zero-order valence-electron chi connectivity index (χ0n) is 16.2. The van der Waals surface area contributed by atoms with Crippen LogP contribution in [0.25, 0.3) is 0 Å². The molecule has 0 bridgehead atoms. The van der Waals surface area contributed by atoms with Gasteiger partial charge in [0.1, 0.15) is 17.2 Å². The first-order valence-electron chi connectivity index (χ1n) is 9.37. The number of piperazine rings is 1. The minimum atomic E-state index is -0.831. The summed E-state index contributed by atoms with van der Waals surface area (Å²) in [5.74, 6) is -3.72. The molecule has 0 spiro atoms. The van der Waals surface area contributed by atoms with Crippen LogP contribution in [-0.4, -0.2) is 80.9 Å². The van der Waals surface area contributed by atoms with E-state index in [0.717, 1.165) is 12.1 Å². The topological polar surface area (TPSA) is 139 Å². The Morgan fingerprint density at radius 2 is 1.53 bits per heavy atom. The number of hydrogen-bond donors (Lipinski definition) is 4. The van der Waals surface area contributed by atoms with Gasteiger partial charge in [0.2, 0.25) is 5.78 Å². The zero-order valence-corrected chi connectivity index (χ0v) is 16.2. The summed E-state index contributed by atoms with van der Waals surface area (Å²) in [6.07, 6.45) is 0. The lowest BCUT2D eigenvalue weighted by Crippen LogP contribution is -2.47. The minimum Gasteiger partial charge on any atom is -0.507 e. The number of aliphatic hydroxyl groups is 1. The van der Waals surface area contributed by atoms with E-state index >= 15 is 0 Å². The molecule has 9 heteroatoms. The molecule has 1 heterocycles. The van der Waals surface area contributed by atoms with Crippen LogP contribution < -0.4 is 0 Å². The van der Waals surface area contributed by atoms with Crippen LogP contribution in [0.1, 0.15) is 47.8 Å². The second-order valence-corrected chi connectivity index (χ2v) is 7.48. The van der Waals surface area contributed by atoms with Gasteiger partial charge in [-0.15, -0.1) is 0 Å². The molecule has 1 saturated heterocycles. The Morgan fingerprint density at radius 3 is 2.17 bits per heavy atom. The van der Waals surface area contributed by atoms with Crippen LogP contribution in [0.4, 0.5) is 0 Å². The van der Waals surface area contributed by atoms with Gasteiger partial charge in [0.05, 0.1) is 23.3 Å². The summed E-state index contributed by atoms with van der Waals surface area (Å²) < 4.78 is 0. The van der Waals surface area contributed by atoms with Crippen molar-refractivity contribution >= 4 is 17.5 Å². The molecule has 0 atom stereocenters. The van der Waals surface area contributed by atoms with Crippen molar-refractivity contribution in [2.75, 3.05) is 33.2 Å². The zero-order chi connectivity index (χ0) is 21.7. The minimum absolute atomic E-state index is 0.0702. The quantitative estimate of drug-likeness (QED) is 0.476. The number of ketones is 2. The Morgan fingerprint density at radius 1 is 0.900 bits per heavy atom. The highest BCUT2D eigenvalue weighted by Gasteiger charge is 2.37. The first-order valence-corrected chi connectivity index (χ1v) is 9.37. The van der Waals surface area contributed by atoms with Crippen LogP contribution in [0.5, 0.6) is 17.2 Å². The molecule has 2 aromatic carbocycles. The Hall–Kier alpha value is -3.43. The Bertz CT molecular complexity index is 1100. The van der Waals surface area contributed by atoms with E-state index in [2.05, 4.69) is 4.90 Å². The van der Waals surface area contributed by atoms with Gasteiger partial charge in [0, 0.05) is 42.9 Å². The molecule has 1 fully saturated rings. The predicted octanol–water partition coefficient (Wildman–Crippen LogP) is 0.459. The van der Waals surface area contributed by atoms with E-state index in [0.29, 0.717) is 26.2 Å². The molecule has 0 radical (unpaired) electrons. The number of aromatic hydroxyl groups is 3. The summed E-state index contributed by atoms with van der Waals surface area (Å²) >= 11 is 0. The monoisotopic (exact) mass is 412 g/mol. The Labute approximate surface area is 171 Å². The molecule has 4 N–H and O–H groups in total. The number of nitrogens with zero attached hydrogens (tertiary/aromatic N) is 2. The van der Waals surface area contributed by atoms with Crippen molar-refractivity contribution in [1.82, 2.24) is 9.80 Å². The smallest absolute Gasteiger partial charge is 0.254 e. The maximum absolute atomic E-state index is 13.0. The van der Waals surface area contributed by atoms with Crippen LogP contribution in [0.2, 0.25) is 0 Å². The third-order valence-corrected chi connectivity index (χ3v) is 5.64. The van der Waals surface area contributed by atoms with E-state index in [1.165, 1.54) is 6.07 Å². The number of fused-ring (bicyclic) bond motifs is 2. The molecule has 30 heavy (non-hydrogen) atoms. The fraction of sp³-hybridized carbons (Fsp3) is 0.286. The maximum atomic E-state index is 13.0. The number of phenols is 3. The van der Waals surface area contributed by atoms with E-state index in [1.807, 2.05) is 7.05 Å². The van der Waals surface area contributed by atoms with Gasteiger partial charge in [0.25, 0.3) is 5.91 Å². The fourth-order valence-corrected chi connectivity index (χ4v) is 3.89. The van der Waals surface area contributed by atoms with Gasteiger partial charge in [-0.1, -0.05) is 0 Å². The molecule has 9 nitrogen and oxygen atoms in total. The second-order valence-electron chi connectivity index (χ2n) is 7.48. The lowest BCUT2D eigenvalue weighted by atomic mass is 9.81. The van der Waals surface area contributed by atoms with Crippen molar-refractivity contribution in [2.45, 2.75) is 6.61 Å². The molecule has 2 aliphatic rings. The highest BCUT2D eigenvalue weighted by atomic mass is 16.3. The van der Waals surface area contributed by atoms with E-state index in [9.17, 15) is 34.8 Å². The van der Waals surface area contributed by atoms with Crippen LogP contribution >= 0.6 is 0 Å². The number of phenolic OH excluding ortho intramolecular Hbond substituents is 1. The van der Waals surface area contributed by atoms with E-state index in [4.69, 9.17) is 0 Å². The molecule has 0 unspecified atom stereocenters. The first kappa shape index (κ1) is 19.9. The first-order chi connectivity index (χ1) is 14.2. The van der Waals surface area contributed by atoms with Crippen molar-refractivity contribution in [3.05, 3.63) is 51.6 Å². The number of benzene rings is 2. The lowest BCUT2D eigenvalue weighted by Gasteiger charge is -2.32. The van der Waals surface area contributed by atoms with Crippen LogP contribution in [0, 0.1) is 0 Å². The third kappa shape index (κ3) is 2.90. The summed E-state index contributed by atoms with van der Waals surface area (Å²) in [6, 6.07) is 3.39. The van der Waals surface area contributed by atoms with Gasteiger partial charge in [-0.2, -0.15) is 0 Å². The summed E-state index contributed by atoms with van der Waals surface area (Å²) in [6.45, 7) is 1.63. The Balaban J connectivity index is 1.81. The normalized spacial score (nSPS) is 16.4. The number of amides is 1. The summed E-state index contributed by atoms with van der Waals surface area (Å²) in [5.41, 5.74) is -1.39. The summed E-state index contributed by atoms with van der Waals surface area (Å²) in [5, 5.41) is 40.1. The van der Waals surface area contributed by atoms with Crippen molar-refractivity contribution in [1.29, 1.82) is 0 Å². The average Bonchev–Trinajstić information content (AvgIpc) is 2.71. The highest BCUT2D eigenvalue weighted by molar-refractivity contribution is 6.31. The van der Waals surface area contributed by atoms with Crippen LogP contribution in [-0.2, 0) is 6.61 Å². The number of carbonyl (C=O) groups excluding carboxylic acids is 3. The average molecular weight is 412 g/mol. The number of likely N-dealkylation sites (N-methyl/N-ethyl adjacent to an activating group) is 1. The highest BCUT2D eigenvalue weighted by Crippen LogP contribution is 2.41. The van der Waals surface area contributed by atoms with Crippen molar-refractivity contribution in [3.63, 3.8) is 0 Å². The largest absolute Gasteiger partial charge is 0.507 e. The summed E-state index contributed by atoms with van der Waals surface area (Å²) in [4.78, 5) is 42.5. The third-order valence-electron chi connectivity index (χ3n) is 5.64. The van der Waals surface area contributed by atoms with Gasteiger partial charge < -0.3 is 30.2 Å². The van der Waals surface area contributed by atoms with Gasteiger partial charge in [0.15, 0.2) is 5.78 Å². The van der Waals surface area contributed by atoms with E-state index in [-0.39, 0.29) is 33.7 Å². The second kappa shape index (κ2) is 7.12. The Kier molecular flexibility index (Phi) is 4.71. The lowest BCUT2D eigenvalue weighted by molar-refractivity contribution is 0.0663. The van der Waals surface area contributed by atoms with Gasteiger partial charge >= 0.3 is 0 Å². The predicted molar refractivity (Wildman–Crippen MR) is 104 cm³/mol. The number of hydrogen-bond acceptors (Lipinski definition) is 8. The van der Waals surface area contributed by atoms with E-state index in [1.54, 1.807) is 4.90 Å². The van der Waals surface area contributed by atoms with Crippen LogP contribution in [0.15, 0.2) is 18.2 Å². The summed E-state index contributed by atoms with van der Waals surface area (Å²) in [7, 11) is 1.95. The molecule has 1 aliphatic carbocycles. The molecule has 4 rings (SSSR count). The number of rotatable bonds is 2.